The molecule has 2 aromatic carbocycles. The van der Waals surface area contributed by atoms with Gasteiger partial charge in [-0.1, -0.05) is 30.3 Å². The Labute approximate surface area is 172 Å². The summed E-state index contributed by atoms with van der Waals surface area (Å²) in [7, 11) is 4.21. The number of nitrogens with zero attached hydrogens (tertiary/aromatic N) is 3. The standard InChI is InChI=1S/C23H24N4.ClH/c1-27(2)14-6-13-25-23-16-22(26-21-9-4-3-8-19(21)23)18-10-11-20-17(15-18)7-5-12-24-20;/h3-5,7-12,15-16H,6,13-14H2,1-2H3,(H,25,26);1H. The van der Waals surface area contributed by atoms with Crippen LogP contribution in [-0.4, -0.2) is 42.1 Å². The average Bonchev–Trinajstić information content (AvgIpc) is 2.70. The molecule has 0 spiro atoms. The highest BCUT2D eigenvalue weighted by molar-refractivity contribution is 5.94. The summed E-state index contributed by atoms with van der Waals surface area (Å²) in [4.78, 5) is 11.5. The van der Waals surface area contributed by atoms with Crippen LogP contribution in [0.25, 0.3) is 33.1 Å². The zero-order chi connectivity index (χ0) is 18.6. The van der Waals surface area contributed by atoms with Gasteiger partial charge in [0.1, 0.15) is 0 Å². The molecular weight excluding hydrogens is 368 g/mol. The number of hydrogen-bond acceptors (Lipinski definition) is 4. The molecular formula is C23H25ClN4. The van der Waals surface area contributed by atoms with Gasteiger partial charge in [-0.15, -0.1) is 12.4 Å². The second-order valence-corrected chi connectivity index (χ2v) is 7.07. The number of rotatable bonds is 6. The van der Waals surface area contributed by atoms with Crippen molar-refractivity contribution in [1.82, 2.24) is 14.9 Å². The van der Waals surface area contributed by atoms with Crippen LogP contribution in [0.3, 0.4) is 0 Å². The number of aromatic nitrogens is 2. The summed E-state index contributed by atoms with van der Waals surface area (Å²) in [5.74, 6) is 0. The number of benzene rings is 2. The zero-order valence-corrected chi connectivity index (χ0v) is 17.0. The molecule has 0 aliphatic rings. The molecule has 0 fully saturated rings. The smallest absolute Gasteiger partial charge is 0.0730 e. The number of hydrogen-bond donors (Lipinski definition) is 1. The van der Waals surface area contributed by atoms with E-state index < -0.39 is 0 Å². The SMILES string of the molecule is CN(C)CCCNc1cc(-c2ccc3ncccc3c2)nc2ccccc12.Cl. The fourth-order valence-electron chi connectivity index (χ4n) is 3.32. The van der Waals surface area contributed by atoms with Crippen molar-refractivity contribution >= 4 is 39.9 Å². The summed E-state index contributed by atoms with van der Waals surface area (Å²) in [6.07, 6.45) is 2.92. The molecule has 2 heterocycles. The molecule has 0 bridgehead atoms. The van der Waals surface area contributed by atoms with Crippen LogP contribution >= 0.6 is 12.4 Å². The first-order valence-electron chi connectivity index (χ1n) is 9.34. The Morgan fingerprint density at radius 3 is 2.64 bits per heavy atom. The zero-order valence-electron chi connectivity index (χ0n) is 16.2. The molecule has 144 valence electrons. The van der Waals surface area contributed by atoms with Gasteiger partial charge in [-0.2, -0.15) is 0 Å². The van der Waals surface area contributed by atoms with Crippen LogP contribution < -0.4 is 5.32 Å². The van der Waals surface area contributed by atoms with Crippen molar-refractivity contribution in [3.63, 3.8) is 0 Å². The van der Waals surface area contributed by atoms with Crippen molar-refractivity contribution in [2.45, 2.75) is 6.42 Å². The summed E-state index contributed by atoms with van der Waals surface area (Å²) in [5.41, 5.74) is 5.24. The fourth-order valence-corrected chi connectivity index (χ4v) is 3.32. The molecule has 0 aliphatic carbocycles. The number of anilines is 1. The number of para-hydroxylation sites is 1. The van der Waals surface area contributed by atoms with Gasteiger partial charge in [-0.05, 0) is 57.4 Å². The number of pyridine rings is 2. The van der Waals surface area contributed by atoms with Crippen molar-refractivity contribution in [1.29, 1.82) is 0 Å². The molecule has 0 amide bonds. The van der Waals surface area contributed by atoms with Gasteiger partial charge in [0.25, 0.3) is 0 Å². The van der Waals surface area contributed by atoms with Crippen LogP contribution in [0.2, 0.25) is 0 Å². The predicted molar refractivity (Wildman–Crippen MR) is 121 cm³/mol. The fraction of sp³-hybridized carbons (Fsp3) is 0.217. The van der Waals surface area contributed by atoms with Crippen molar-refractivity contribution in [3.05, 3.63) is 66.9 Å². The Kier molecular flexibility index (Phi) is 6.45. The normalized spacial score (nSPS) is 11.0. The van der Waals surface area contributed by atoms with Gasteiger partial charge in [-0.25, -0.2) is 4.98 Å². The molecule has 4 rings (SSSR count). The number of nitrogens with one attached hydrogen (secondary N) is 1. The van der Waals surface area contributed by atoms with Gasteiger partial charge in [-0.3, -0.25) is 4.98 Å². The highest BCUT2D eigenvalue weighted by atomic mass is 35.5. The van der Waals surface area contributed by atoms with E-state index in [9.17, 15) is 0 Å². The lowest BCUT2D eigenvalue weighted by Crippen LogP contribution is -2.16. The maximum atomic E-state index is 4.90. The minimum atomic E-state index is 0. The summed E-state index contributed by atoms with van der Waals surface area (Å²) in [6, 6.07) is 20.9. The minimum absolute atomic E-state index is 0. The Hall–Kier alpha value is -2.69. The summed E-state index contributed by atoms with van der Waals surface area (Å²) in [5, 5.41) is 5.90. The Balaban J connectivity index is 0.00000225. The number of halogens is 1. The Morgan fingerprint density at radius 2 is 1.79 bits per heavy atom. The molecule has 5 heteroatoms. The summed E-state index contributed by atoms with van der Waals surface area (Å²) < 4.78 is 0. The van der Waals surface area contributed by atoms with Gasteiger partial charge in [0, 0.05) is 34.8 Å². The molecule has 4 nitrogen and oxygen atoms in total. The van der Waals surface area contributed by atoms with Crippen molar-refractivity contribution in [2.75, 3.05) is 32.5 Å². The lowest BCUT2D eigenvalue weighted by molar-refractivity contribution is 0.405. The highest BCUT2D eigenvalue weighted by Crippen LogP contribution is 2.29. The lowest BCUT2D eigenvalue weighted by atomic mass is 10.1. The molecule has 0 aliphatic heterocycles. The van der Waals surface area contributed by atoms with Crippen LogP contribution in [0.15, 0.2) is 66.9 Å². The molecule has 0 unspecified atom stereocenters. The molecule has 0 saturated carbocycles. The van der Waals surface area contributed by atoms with Crippen LogP contribution in [0, 0.1) is 0 Å². The highest BCUT2D eigenvalue weighted by Gasteiger charge is 2.08. The molecule has 0 saturated heterocycles. The molecule has 1 N–H and O–H groups in total. The quantitative estimate of drug-likeness (QED) is 0.456. The van der Waals surface area contributed by atoms with Crippen molar-refractivity contribution < 1.29 is 0 Å². The molecule has 0 radical (unpaired) electrons. The van der Waals surface area contributed by atoms with Gasteiger partial charge >= 0.3 is 0 Å². The van der Waals surface area contributed by atoms with E-state index >= 15 is 0 Å². The van der Waals surface area contributed by atoms with Gasteiger partial charge in [0.2, 0.25) is 0 Å². The van der Waals surface area contributed by atoms with Crippen LogP contribution in [-0.2, 0) is 0 Å². The first kappa shape index (κ1) is 20.1. The minimum Gasteiger partial charge on any atom is -0.384 e. The predicted octanol–water partition coefficient (Wildman–Crippen LogP) is 5.24. The van der Waals surface area contributed by atoms with Crippen LogP contribution in [0.4, 0.5) is 5.69 Å². The molecule has 0 atom stereocenters. The van der Waals surface area contributed by atoms with E-state index in [4.69, 9.17) is 4.98 Å². The van der Waals surface area contributed by atoms with Gasteiger partial charge in [0.15, 0.2) is 0 Å². The topological polar surface area (TPSA) is 41.0 Å². The molecule has 28 heavy (non-hydrogen) atoms. The van der Waals surface area contributed by atoms with Crippen LogP contribution in [0.5, 0.6) is 0 Å². The van der Waals surface area contributed by atoms with Crippen LogP contribution in [0.1, 0.15) is 6.42 Å². The van der Waals surface area contributed by atoms with E-state index in [1.807, 2.05) is 18.3 Å². The van der Waals surface area contributed by atoms with E-state index in [0.29, 0.717) is 0 Å². The second-order valence-electron chi connectivity index (χ2n) is 7.07. The van der Waals surface area contributed by atoms with E-state index in [1.54, 1.807) is 0 Å². The summed E-state index contributed by atoms with van der Waals surface area (Å²) in [6.45, 7) is 2.01. The van der Waals surface area contributed by atoms with E-state index in [-0.39, 0.29) is 12.4 Å². The summed E-state index contributed by atoms with van der Waals surface area (Å²) >= 11 is 0. The largest absolute Gasteiger partial charge is 0.384 e. The van der Waals surface area contributed by atoms with Gasteiger partial charge in [0.05, 0.1) is 16.7 Å². The van der Waals surface area contributed by atoms with E-state index in [0.717, 1.165) is 58.3 Å². The van der Waals surface area contributed by atoms with Crippen molar-refractivity contribution in [2.24, 2.45) is 0 Å². The maximum absolute atomic E-state index is 4.90. The maximum Gasteiger partial charge on any atom is 0.0730 e. The van der Waals surface area contributed by atoms with Gasteiger partial charge < -0.3 is 10.2 Å². The monoisotopic (exact) mass is 392 g/mol. The Bertz CT molecular complexity index is 1080. The lowest BCUT2D eigenvalue weighted by Gasteiger charge is -2.14. The number of fused-ring (bicyclic) bond motifs is 2. The third kappa shape index (κ3) is 4.41. The third-order valence-corrected chi connectivity index (χ3v) is 4.71. The van der Waals surface area contributed by atoms with E-state index in [1.165, 1.54) is 0 Å². The average molecular weight is 393 g/mol. The first-order valence-corrected chi connectivity index (χ1v) is 9.34. The van der Waals surface area contributed by atoms with Crippen molar-refractivity contribution in [3.8, 4) is 11.3 Å². The Morgan fingerprint density at radius 1 is 0.929 bits per heavy atom. The third-order valence-electron chi connectivity index (χ3n) is 4.71. The molecule has 4 aromatic rings. The first-order chi connectivity index (χ1) is 13.2. The second kappa shape index (κ2) is 9.00. The molecule has 2 aromatic heterocycles. The van der Waals surface area contributed by atoms with E-state index in [2.05, 4.69) is 77.8 Å².